The maximum atomic E-state index is 13.6. The summed E-state index contributed by atoms with van der Waals surface area (Å²) in [5, 5.41) is 4.93. The summed E-state index contributed by atoms with van der Waals surface area (Å²) in [6.07, 6.45) is 2.72. The van der Waals surface area contributed by atoms with Crippen LogP contribution in [0, 0.1) is 13.8 Å². The molecule has 1 saturated heterocycles. The summed E-state index contributed by atoms with van der Waals surface area (Å²) >= 11 is 1.73. The van der Waals surface area contributed by atoms with E-state index in [1.165, 1.54) is 10.4 Å². The normalized spacial score (nSPS) is 19.6. The predicted molar refractivity (Wildman–Crippen MR) is 134 cm³/mol. The Hall–Kier alpha value is -2.58. The van der Waals surface area contributed by atoms with Gasteiger partial charge in [0.05, 0.1) is 12.1 Å². The van der Waals surface area contributed by atoms with Gasteiger partial charge in [0.1, 0.15) is 18.9 Å². The highest BCUT2D eigenvalue weighted by Crippen LogP contribution is 2.34. The summed E-state index contributed by atoms with van der Waals surface area (Å²) in [4.78, 5) is 31.1. The highest BCUT2D eigenvalue weighted by atomic mass is 32.1. The number of carbonyl (C=O) groups is 2. The zero-order chi connectivity index (χ0) is 24.1. The largest absolute Gasteiger partial charge is 0.491 e. The first-order valence-electron chi connectivity index (χ1n) is 12.2. The number of nitrogens with zero attached hydrogens (tertiary/aromatic N) is 2. The quantitative estimate of drug-likeness (QED) is 0.612. The van der Waals surface area contributed by atoms with Crippen LogP contribution >= 0.6 is 11.3 Å². The summed E-state index contributed by atoms with van der Waals surface area (Å²) < 4.78 is 12.0. The number of rotatable bonds is 8. The molecule has 2 aromatic rings. The summed E-state index contributed by atoms with van der Waals surface area (Å²) in [6.45, 7) is 8.68. The fourth-order valence-corrected chi connectivity index (χ4v) is 5.70. The molecule has 1 aromatic heterocycles. The molecule has 1 aromatic carbocycles. The zero-order valence-corrected chi connectivity index (χ0v) is 21.2. The molecule has 2 aliphatic heterocycles. The highest BCUT2D eigenvalue weighted by Gasteiger charge is 2.34. The third-order valence-corrected chi connectivity index (χ3v) is 7.53. The van der Waals surface area contributed by atoms with Crippen LogP contribution < -0.4 is 10.1 Å². The molecular formula is C26H35N3O4S. The van der Waals surface area contributed by atoms with Crippen LogP contribution in [0.4, 0.5) is 4.79 Å². The lowest BCUT2D eigenvalue weighted by Crippen LogP contribution is -2.51. The van der Waals surface area contributed by atoms with Crippen molar-refractivity contribution in [3.8, 4) is 5.75 Å². The molecule has 184 valence electrons. The molecule has 2 atom stereocenters. The first-order chi connectivity index (χ1) is 16.5. The molecule has 2 aliphatic rings. The van der Waals surface area contributed by atoms with Gasteiger partial charge in [0.25, 0.3) is 0 Å². The van der Waals surface area contributed by atoms with Gasteiger partial charge in [-0.3, -0.25) is 4.79 Å². The van der Waals surface area contributed by atoms with Gasteiger partial charge in [0, 0.05) is 31.1 Å². The number of thiophene rings is 1. The van der Waals surface area contributed by atoms with Crippen LogP contribution in [0.2, 0.25) is 0 Å². The summed E-state index contributed by atoms with van der Waals surface area (Å²) in [6, 6.07) is 7.84. The minimum Gasteiger partial charge on any atom is -0.491 e. The van der Waals surface area contributed by atoms with Crippen molar-refractivity contribution >= 4 is 23.3 Å². The van der Waals surface area contributed by atoms with Crippen LogP contribution in [-0.2, 0) is 16.0 Å². The third-order valence-electron chi connectivity index (χ3n) is 6.53. The van der Waals surface area contributed by atoms with E-state index in [2.05, 4.69) is 29.8 Å². The molecular weight excluding hydrogens is 450 g/mol. The van der Waals surface area contributed by atoms with Gasteiger partial charge in [-0.25, -0.2) is 4.79 Å². The standard InChI is InChI=1S/C26H35N3O4S/c1-4-27-26(31)28(15-20-6-5-12-32-20)16-25(30)29-11-9-24-21(10-13-34-24)22(29)17-33-23-8-7-18(2)14-19(23)3/h7-8,10,13-14,20,22H,4-6,9,11-12,15-17H2,1-3H3,(H,27,31)/t20-,22+/m1/s1. The Bertz CT molecular complexity index is 1000. The van der Waals surface area contributed by atoms with Crippen molar-refractivity contribution in [3.63, 3.8) is 0 Å². The van der Waals surface area contributed by atoms with Crippen LogP contribution in [0.3, 0.4) is 0 Å². The van der Waals surface area contributed by atoms with E-state index >= 15 is 0 Å². The fraction of sp³-hybridized carbons (Fsp3) is 0.538. The topological polar surface area (TPSA) is 71.1 Å². The number of benzene rings is 1. The van der Waals surface area contributed by atoms with Gasteiger partial charge in [0.15, 0.2) is 0 Å². The summed E-state index contributed by atoms with van der Waals surface area (Å²) in [5.74, 6) is 0.776. The number of ether oxygens (including phenoxy) is 2. The molecule has 8 heteroatoms. The third kappa shape index (κ3) is 5.73. The van der Waals surface area contributed by atoms with E-state index in [-0.39, 0.29) is 30.6 Å². The van der Waals surface area contributed by atoms with Crippen molar-refractivity contribution < 1.29 is 19.1 Å². The molecule has 0 radical (unpaired) electrons. The lowest BCUT2D eigenvalue weighted by atomic mass is 10.00. The van der Waals surface area contributed by atoms with E-state index in [9.17, 15) is 9.59 Å². The Labute approximate surface area is 206 Å². The van der Waals surface area contributed by atoms with Gasteiger partial charge in [-0.1, -0.05) is 17.7 Å². The molecule has 3 amide bonds. The van der Waals surface area contributed by atoms with Crippen molar-refractivity contribution in [2.24, 2.45) is 0 Å². The maximum Gasteiger partial charge on any atom is 0.317 e. The number of carbonyl (C=O) groups excluding carboxylic acids is 2. The van der Waals surface area contributed by atoms with Crippen LogP contribution in [-0.4, -0.2) is 67.2 Å². The minimum atomic E-state index is -0.220. The van der Waals surface area contributed by atoms with Crippen molar-refractivity contribution in [2.45, 2.75) is 52.2 Å². The number of fused-ring (bicyclic) bond motifs is 1. The summed E-state index contributed by atoms with van der Waals surface area (Å²) in [7, 11) is 0. The Morgan fingerprint density at radius 1 is 1.29 bits per heavy atom. The number of amides is 3. The Morgan fingerprint density at radius 3 is 2.88 bits per heavy atom. The number of hydrogen-bond acceptors (Lipinski definition) is 5. The molecule has 0 saturated carbocycles. The number of urea groups is 1. The van der Waals surface area contributed by atoms with Crippen molar-refractivity contribution in [3.05, 3.63) is 51.2 Å². The van der Waals surface area contributed by atoms with Gasteiger partial charge in [0.2, 0.25) is 5.91 Å². The molecule has 7 nitrogen and oxygen atoms in total. The van der Waals surface area contributed by atoms with Gasteiger partial charge in [-0.2, -0.15) is 0 Å². The van der Waals surface area contributed by atoms with Gasteiger partial charge < -0.3 is 24.6 Å². The van der Waals surface area contributed by atoms with Crippen molar-refractivity contribution in [2.75, 3.05) is 39.4 Å². The monoisotopic (exact) mass is 485 g/mol. The Kier molecular flexibility index (Phi) is 8.11. The van der Waals surface area contributed by atoms with Gasteiger partial charge >= 0.3 is 6.03 Å². The fourth-order valence-electron chi connectivity index (χ4n) is 4.78. The Balaban J connectivity index is 1.49. The number of nitrogens with one attached hydrogen (secondary N) is 1. The number of hydrogen-bond donors (Lipinski definition) is 1. The first-order valence-corrected chi connectivity index (χ1v) is 13.0. The molecule has 4 rings (SSSR count). The Morgan fingerprint density at radius 2 is 2.15 bits per heavy atom. The van der Waals surface area contributed by atoms with E-state index in [1.807, 2.05) is 30.9 Å². The molecule has 34 heavy (non-hydrogen) atoms. The number of aryl methyl sites for hydroxylation is 2. The van der Waals surface area contributed by atoms with E-state index in [1.54, 1.807) is 16.2 Å². The van der Waals surface area contributed by atoms with Gasteiger partial charge in [-0.15, -0.1) is 11.3 Å². The molecule has 1 N–H and O–H groups in total. The van der Waals surface area contributed by atoms with Crippen molar-refractivity contribution in [1.82, 2.24) is 15.1 Å². The van der Waals surface area contributed by atoms with E-state index in [0.29, 0.717) is 32.8 Å². The van der Waals surface area contributed by atoms with Crippen LogP contribution in [0.5, 0.6) is 5.75 Å². The zero-order valence-electron chi connectivity index (χ0n) is 20.3. The summed E-state index contributed by atoms with van der Waals surface area (Å²) in [5.41, 5.74) is 3.42. The van der Waals surface area contributed by atoms with Crippen LogP contribution in [0.25, 0.3) is 0 Å². The van der Waals surface area contributed by atoms with Crippen molar-refractivity contribution in [1.29, 1.82) is 0 Å². The minimum absolute atomic E-state index is 0.0103. The van der Waals surface area contributed by atoms with E-state index < -0.39 is 0 Å². The lowest BCUT2D eigenvalue weighted by Gasteiger charge is -2.37. The second-order valence-corrected chi connectivity index (χ2v) is 10.1. The molecule has 1 fully saturated rings. The molecule has 0 spiro atoms. The highest BCUT2D eigenvalue weighted by molar-refractivity contribution is 7.10. The average molecular weight is 486 g/mol. The molecule has 0 bridgehead atoms. The first kappa shape index (κ1) is 24.5. The maximum absolute atomic E-state index is 13.6. The van der Waals surface area contributed by atoms with Gasteiger partial charge in [-0.05, 0) is 68.7 Å². The SMILES string of the molecule is CCNC(=O)N(CC(=O)N1CCc2sccc2[C@@H]1COc1ccc(C)cc1C)C[C@H]1CCCO1. The second kappa shape index (κ2) is 11.2. The molecule has 0 unspecified atom stereocenters. The molecule has 3 heterocycles. The smallest absolute Gasteiger partial charge is 0.317 e. The predicted octanol–water partition coefficient (Wildman–Crippen LogP) is 4.08. The molecule has 0 aliphatic carbocycles. The van der Waals surface area contributed by atoms with E-state index in [4.69, 9.17) is 9.47 Å². The second-order valence-electron chi connectivity index (χ2n) is 9.08. The van der Waals surface area contributed by atoms with E-state index in [0.717, 1.165) is 36.1 Å². The van der Waals surface area contributed by atoms with Crippen LogP contribution in [0.1, 0.15) is 47.4 Å². The average Bonchev–Trinajstić information content (AvgIpc) is 3.50. The lowest BCUT2D eigenvalue weighted by molar-refractivity contribution is -0.135. The van der Waals surface area contributed by atoms with Crippen LogP contribution in [0.15, 0.2) is 29.6 Å².